The molecular weight excluding hydrogens is 620 g/mol. The Hall–Kier alpha value is 0.123. The SMILES string of the molecule is O=C([O-])CC(Sc1nnn[nH]1)C1=C(C(=O)[O-])N2C(=O)C(NCC(O)c3ccccc3C(F)(F)F)[C@@H]2SC1.[K+].[K+]. The first-order chi connectivity index (χ1) is 17.5. The van der Waals surface area contributed by atoms with Gasteiger partial charge in [0.2, 0.25) is 11.1 Å². The molecule has 1 fully saturated rings. The molecule has 3 N–H and O–H groups in total. The molecule has 0 spiro atoms. The molecule has 1 saturated heterocycles. The predicted octanol–water partition coefficient (Wildman–Crippen LogP) is -7.56. The molecule has 3 heterocycles. The van der Waals surface area contributed by atoms with Gasteiger partial charge in [0.25, 0.3) is 0 Å². The van der Waals surface area contributed by atoms with Crippen LogP contribution in [0.2, 0.25) is 0 Å². The maximum absolute atomic E-state index is 13.3. The van der Waals surface area contributed by atoms with Crippen LogP contribution in [-0.2, 0) is 20.6 Å². The molecule has 0 saturated carbocycles. The number of carbonyl (C=O) groups is 3. The second kappa shape index (κ2) is 15.0. The van der Waals surface area contributed by atoms with Crippen molar-refractivity contribution in [2.24, 2.45) is 0 Å². The number of β-lactam (4-membered cyclic amide) rings is 1. The molecule has 2 aromatic rings. The number of aliphatic carboxylic acids is 2. The van der Waals surface area contributed by atoms with Gasteiger partial charge in [-0.05, 0) is 27.6 Å². The van der Waals surface area contributed by atoms with E-state index in [1.54, 1.807) is 0 Å². The number of benzene rings is 1. The number of hydrogen-bond acceptors (Lipinski definition) is 12. The number of aromatic nitrogens is 4. The number of tetrazole rings is 1. The number of amides is 1. The van der Waals surface area contributed by atoms with Gasteiger partial charge in [-0.15, -0.1) is 16.9 Å². The molecule has 3 unspecified atom stereocenters. The maximum Gasteiger partial charge on any atom is 1.00 e. The normalized spacial score (nSPS) is 20.2. The summed E-state index contributed by atoms with van der Waals surface area (Å²) in [7, 11) is 0. The van der Waals surface area contributed by atoms with Crippen LogP contribution in [0.15, 0.2) is 40.7 Å². The van der Waals surface area contributed by atoms with Crippen molar-refractivity contribution in [2.75, 3.05) is 12.3 Å². The van der Waals surface area contributed by atoms with Gasteiger partial charge in [0.05, 0.1) is 23.3 Å². The van der Waals surface area contributed by atoms with Crippen molar-refractivity contribution in [3.63, 3.8) is 0 Å². The summed E-state index contributed by atoms with van der Waals surface area (Å²) in [5, 5.41) is 47.6. The molecule has 0 radical (unpaired) electrons. The molecule has 19 heteroatoms. The number of hydrogen-bond donors (Lipinski definition) is 3. The third kappa shape index (κ3) is 8.15. The number of nitrogens with one attached hydrogen (secondary N) is 2. The quantitative estimate of drug-likeness (QED) is 0.127. The van der Waals surface area contributed by atoms with Gasteiger partial charge in [0.1, 0.15) is 11.4 Å². The Balaban J connectivity index is 0.00000267. The summed E-state index contributed by atoms with van der Waals surface area (Å²) in [6.07, 6.45) is -6.89. The van der Waals surface area contributed by atoms with Crippen LogP contribution in [0.4, 0.5) is 13.2 Å². The van der Waals surface area contributed by atoms with Crippen molar-refractivity contribution in [3.8, 4) is 0 Å². The van der Waals surface area contributed by atoms with Gasteiger partial charge < -0.3 is 30.2 Å². The van der Waals surface area contributed by atoms with Crippen molar-refractivity contribution < 1.29 is 146 Å². The summed E-state index contributed by atoms with van der Waals surface area (Å²) >= 11 is 1.96. The second-order valence-electron chi connectivity index (χ2n) is 7.95. The van der Waals surface area contributed by atoms with E-state index in [2.05, 4.69) is 25.9 Å². The molecular formula is C20H17F3K2N6O6S2. The summed E-state index contributed by atoms with van der Waals surface area (Å²) in [6, 6.07) is 3.49. The fourth-order valence-corrected chi connectivity index (χ4v) is 6.61. The number of rotatable bonds is 10. The van der Waals surface area contributed by atoms with Crippen LogP contribution in [-0.4, -0.2) is 77.4 Å². The van der Waals surface area contributed by atoms with Crippen molar-refractivity contribution in [1.82, 2.24) is 30.8 Å². The Labute approximate surface area is 312 Å². The fourth-order valence-electron chi connectivity index (χ4n) is 4.05. The number of thioether (sulfide) groups is 2. The number of aliphatic hydroxyl groups is 1. The van der Waals surface area contributed by atoms with E-state index < -0.39 is 71.0 Å². The number of carboxylic acid groups (broad SMARTS) is 2. The van der Waals surface area contributed by atoms with Gasteiger partial charge in [-0.25, -0.2) is 5.10 Å². The summed E-state index contributed by atoms with van der Waals surface area (Å²) in [6.45, 7) is -0.409. The molecule has 4 rings (SSSR count). The van der Waals surface area contributed by atoms with Crippen LogP contribution in [0.25, 0.3) is 0 Å². The van der Waals surface area contributed by atoms with Crippen molar-refractivity contribution in [2.45, 2.75) is 40.5 Å². The van der Waals surface area contributed by atoms with E-state index in [1.165, 1.54) is 12.1 Å². The number of aromatic amines is 1. The summed E-state index contributed by atoms with van der Waals surface area (Å²) in [4.78, 5) is 37.2. The molecule has 2 aliphatic heterocycles. The minimum atomic E-state index is -4.69. The zero-order valence-electron chi connectivity index (χ0n) is 20.5. The Morgan fingerprint density at radius 2 is 1.97 bits per heavy atom. The largest absolute Gasteiger partial charge is 1.00 e. The van der Waals surface area contributed by atoms with E-state index in [9.17, 15) is 42.9 Å². The average Bonchev–Trinajstić information content (AvgIpc) is 3.35. The van der Waals surface area contributed by atoms with E-state index in [0.29, 0.717) is 0 Å². The van der Waals surface area contributed by atoms with Gasteiger partial charge in [-0.3, -0.25) is 9.69 Å². The van der Waals surface area contributed by atoms with E-state index in [4.69, 9.17) is 0 Å². The van der Waals surface area contributed by atoms with Crippen LogP contribution >= 0.6 is 23.5 Å². The van der Waals surface area contributed by atoms with E-state index in [-0.39, 0.29) is 125 Å². The third-order valence-electron chi connectivity index (χ3n) is 5.67. The molecule has 2 aliphatic rings. The van der Waals surface area contributed by atoms with Crippen LogP contribution in [0, 0.1) is 0 Å². The smallest absolute Gasteiger partial charge is 0.550 e. The molecule has 1 aromatic carbocycles. The monoisotopic (exact) mass is 636 g/mol. The standard InChI is InChI=1S/C20H19F3N6O6S2.2K/c21-20(22,23)10-4-2-1-3-8(10)11(30)6-24-14-16(33)29-15(18(34)35)9(7-36-17(14)29)12(5-13(31)32)37-19-25-27-28-26-19;;/h1-4,11-12,14,17,24,30H,5-7H2,(H,31,32)(H,34,35)(H,25,26,27,28);;/q;2*+1/p-2/t11?,12?,14?,17-;;/m0../s1. The van der Waals surface area contributed by atoms with Crippen LogP contribution < -0.4 is 118 Å². The fraction of sp³-hybridized carbons (Fsp3) is 0.400. The summed E-state index contributed by atoms with van der Waals surface area (Å²) < 4.78 is 39.8. The Morgan fingerprint density at radius 3 is 2.56 bits per heavy atom. The number of alkyl halides is 3. The van der Waals surface area contributed by atoms with Gasteiger partial charge in [-0.2, -0.15) is 13.2 Å². The number of H-pyrrole nitrogens is 1. The minimum Gasteiger partial charge on any atom is -0.550 e. The minimum absolute atomic E-state index is 0. The van der Waals surface area contributed by atoms with Crippen LogP contribution in [0.3, 0.4) is 0 Å². The Bertz CT molecular complexity index is 1240. The average molecular weight is 637 g/mol. The second-order valence-corrected chi connectivity index (χ2v) is 10.2. The molecule has 39 heavy (non-hydrogen) atoms. The number of carbonyl (C=O) groups excluding carboxylic acids is 3. The van der Waals surface area contributed by atoms with Crippen LogP contribution in [0.1, 0.15) is 23.7 Å². The van der Waals surface area contributed by atoms with Gasteiger partial charge in [0, 0.05) is 29.9 Å². The van der Waals surface area contributed by atoms with E-state index in [0.717, 1.165) is 40.6 Å². The maximum atomic E-state index is 13.3. The van der Waals surface area contributed by atoms with E-state index in [1.807, 2.05) is 0 Å². The number of carboxylic acids is 2. The molecule has 1 aromatic heterocycles. The third-order valence-corrected chi connectivity index (χ3v) is 8.10. The summed E-state index contributed by atoms with van der Waals surface area (Å²) in [5.41, 5.74) is -1.79. The number of nitrogens with zero attached hydrogens (tertiary/aromatic N) is 4. The predicted molar refractivity (Wildman–Crippen MR) is 117 cm³/mol. The molecule has 0 aliphatic carbocycles. The Morgan fingerprint density at radius 1 is 1.28 bits per heavy atom. The molecule has 12 nitrogen and oxygen atoms in total. The first-order valence-electron chi connectivity index (χ1n) is 10.6. The van der Waals surface area contributed by atoms with Gasteiger partial charge >= 0.3 is 109 Å². The first kappa shape index (κ1) is 35.3. The topological polar surface area (TPSA) is 187 Å². The Kier molecular flexibility index (Phi) is 13.6. The molecule has 0 bridgehead atoms. The molecule has 4 atom stereocenters. The summed E-state index contributed by atoms with van der Waals surface area (Å²) in [5.74, 6) is -3.89. The van der Waals surface area contributed by atoms with Gasteiger partial charge in [-0.1, -0.05) is 30.0 Å². The van der Waals surface area contributed by atoms with E-state index >= 15 is 0 Å². The van der Waals surface area contributed by atoms with Crippen molar-refractivity contribution in [3.05, 3.63) is 46.7 Å². The van der Waals surface area contributed by atoms with Crippen LogP contribution in [0.5, 0.6) is 0 Å². The first-order valence-corrected chi connectivity index (χ1v) is 12.5. The number of fused-ring (bicyclic) bond motifs is 1. The molecule has 198 valence electrons. The molecule has 1 amide bonds. The van der Waals surface area contributed by atoms with Crippen molar-refractivity contribution >= 4 is 41.4 Å². The van der Waals surface area contributed by atoms with Crippen molar-refractivity contribution in [1.29, 1.82) is 0 Å². The van der Waals surface area contributed by atoms with Gasteiger partial charge in [0.15, 0.2) is 0 Å². The zero-order chi connectivity index (χ0) is 26.9. The number of aliphatic hydroxyl groups excluding tert-OH is 1. The number of halogens is 3. The zero-order valence-corrected chi connectivity index (χ0v) is 28.3.